The molecule has 0 spiro atoms. The zero-order valence-corrected chi connectivity index (χ0v) is 10.2. The third-order valence-electron chi connectivity index (χ3n) is 3.04. The molecule has 0 bridgehead atoms. The van der Waals surface area contributed by atoms with Crippen molar-refractivity contribution in [2.75, 3.05) is 19.7 Å². The molecule has 1 heterocycles. The molecule has 2 rings (SSSR count). The standard InChI is InChI=1S/C13H18N2O3/c14-7-10-1-3-12(4-2-10)18-9-13(17)15-6-5-11(16)8-15/h1-4,11,16H,5-9,14H2. The first-order valence-electron chi connectivity index (χ1n) is 6.06. The van der Waals surface area contributed by atoms with Crippen molar-refractivity contribution in [3.05, 3.63) is 29.8 Å². The van der Waals surface area contributed by atoms with E-state index in [1.807, 2.05) is 12.1 Å². The molecule has 1 fully saturated rings. The molecule has 0 aromatic heterocycles. The van der Waals surface area contributed by atoms with Gasteiger partial charge in [0.25, 0.3) is 5.91 Å². The Labute approximate surface area is 106 Å². The zero-order chi connectivity index (χ0) is 13.0. The molecule has 98 valence electrons. The third kappa shape index (κ3) is 3.21. The van der Waals surface area contributed by atoms with Gasteiger partial charge in [0.05, 0.1) is 6.10 Å². The molecule has 1 aromatic rings. The summed E-state index contributed by atoms with van der Waals surface area (Å²) in [6, 6.07) is 7.35. The van der Waals surface area contributed by atoms with E-state index in [9.17, 15) is 9.90 Å². The first-order valence-corrected chi connectivity index (χ1v) is 6.06. The van der Waals surface area contributed by atoms with Crippen molar-refractivity contribution in [2.24, 2.45) is 5.73 Å². The Morgan fingerprint density at radius 1 is 1.44 bits per heavy atom. The van der Waals surface area contributed by atoms with Crippen LogP contribution in [0.3, 0.4) is 0 Å². The Morgan fingerprint density at radius 2 is 2.17 bits per heavy atom. The van der Waals surface area contributed by atoms with E-state index in [1.54, 1.807) is 17.0 Å². The normalized spacial score (nSPS) is 19.0. The number of benzene rings is 1. The van der Waals surface area contributed by atoms with Crippen molar-refractivity contribution in [2.45, 2.75) is 19.1 Å². The SMILES string of the molecule is NCc1ccc(OCC(=O)N2CCC(O)C2)cc1. The number of hydrogen-bond acceptors (Lipinski definition) is 4. The van der Waals surface area contributed by atoms with Crippen molar-refractivity contribution >= 4 is 5.91 Å². The molecule has 1 aliphatic heterocycles. The average Bonchev–Trinajstić information content (AvgIpc) is 2.83. The maximum Gasteiger partial charge on any atom is 0.260 e. The maximum absolute atomic E-state index is 11.8. The number of nitrogens with two attached hydrogens (primary N) is 1. The Balaban J connectivity index is 1.81. The van der Waals surface area contributed by atoms with Crippen molar-refractivity contribution in [3.63, 3.8) is 0 Å². The highest BCUT2D eigenvalue weighted by Crippen LogP contribution is 2.13. The third-order valence-corrected chi connectivity index (χ3v) is 3.04. The number of aliphatic hydroxyl groups excluding tert-OH is 1. The molecule has 5 heteroatoms. The van der Waals surface area contributed by atoms with E-state index < -0.39 is 6.10 Å². The summed E-state index contributed by atoms with van der Waals surface area (Å²) < 4.78 is 5.40. The van der Waals surface area contributed by atoms with Crippen LogP contribution < -0.4 is 10.5 Å². The van der Waals surface area contributed by atoms with E-state index in [0.717, 1.165) is 5.56 Å². The molecule has 1 saturated heterocycles. The van der Waals surface area contributed by atoms with Crippen LogP contribution in [0.25, 0.3) is 0 Å². The second-order valence-corrected chi connectivity index (χ2v) is 4.42. The van der Waals surface area contributed by atoms with Gasteiger partial charge in [-0.05, 0) is 24.1 Å². The minimum absolute atomic E-state index is 0.00862. The Morgan fingerprint density at radius 3 is 2.72 bits per heavy atom. The van der Waals surface area contributed by atoms with Crippen LogP contribution in [0, 0.1) is 0 Å². The lowest BCUT2D eigenvalue weighted by Crippen LogP contribution is -2.33. The monoisotopic (exact) mass is 250 g/mol. The van der Waals surface area contributed by atoms with Gasteiger partial charge in [0.15, 0.2) is 6.61 Å². The Kier molecular flexibility index (Phi) is 4.17. The molecule has 0 saturated carbocycles. The molecular weight excluding hydrogens is 232 g/mol. The van der Waals surface area contributed by atoms with Gasteiger partial charge in [0, 0.05) is 19.6 Å². The van der Waals surface area contributed by atoms with Crippen molar-refractivity contribution in [3.8, 4) is 5.75 Å². The number of aliphatic hydroxyl groups is 1. The van der Waals surface area contributed by atoms with Gasteiger partial charge in [-0.3, -0.25) is 4.79 Å². The van der Waals surface area contributed by atoms with Gasteiger partial charge in [-0.15, -0.1) is 0 Å². The summed E-state index contributed by atoms with van der Waals surface area (Å²) in [5.74, 6) is 0.565. The molecule has 1 unspecified atom stereocenters. The largest absolute Gasteiger partial charge is 0.484 e. The molecule has 1 amide bonds. The molecule has 0 radical (unpaired) electrons. The fourth-order valence-corrected chi connectivity index (χ4v) is 1.93. The molecule has 1 aliphatic rings. The van der Waals surface area contributed by atoms with Gasteiger partial charge >= 0.3 is 0 Å². The summed E-state index contributed by atoms with van der Waals surface area (Å²) in [7, 11) is 0. The number of likely N-dealkylation sites (tertiary alicyclic amines) is 1. The first-order chi connectivity index (χ1) is 8.69. The zero-order valence-electron chi connectivity index (χ0n) is 10.2. The molecule has 1 aromatic carbocycles. The molecule has 3 N–H and O–H groups in total. The van der Waals surface area contributed by atoms with E-state index >= 15 is 0 Å². The highest BCUT2D eigenvalue weighted by molar-refractivity contribution is 5.78. The highest BCUT2D eigenvalue weighted by atomic mass is 16.5. The Bertz CT molecular complexity index is 405. The number of hydrogen-bond donors (Lipinski definition) is 2. The van der Waals surface area contributed by atoms with Crippen LogP contribution in [-0.4, -0.2) is 41.7 Å². The van der Waals surface area contributed by atoms with E-state index in [1.165, 1.54) is 0 Å². The summed E-state index contributed by atoms with van der Waals surface area (Å²) >= 11 is 0. The van der Waals surface area contributed by atoms with Gasteiger partial charge in [0.2, 0.25) is 0 Å². The number of rotatable bonds is 4. The molecule has 0 aliphatic carbocycles. The maximum atomic E-state index is 11.8. The van der Waals surface area contributed by atoms with Crippen molar-refractivity contribution < 1.29 is 14.6 Å². The van der Waals surface area contributed by atoms with Crippen molar-refractivity contribution in [1.82, 2.24) is 4.90 Å². The van der Waals surface area contributed by atoms with E-state index in [-0.39, 0.29) is 12.5 Å². The lowest BCUT2D eigenvalue weighted by atomic mass is 10.2. The average molecular weight is 250 g/mol. The van der Waals surface area contributed by atoms with E-state index in [0.29, 0.717) is 31.8 Å². The van der Waals surface area contributed by atoms with Gasteiger partial charge in [-0.25, -0.2) is 0 Å². The Hall–Kier alpha value is -1.59. The number of carbonyl (C=O) groups excluding carboxylic acids is 1. The number of carbonyl (C=O) groups is 1. The van der Waals surface area contributed by atoms with Crippen molar-refractivity contribution in [1.29, 1.82) is 0 Å². The number of ether oxygens (including phenoxy) is 1. The predicted molar refractivity (Wildman–Crippen MR) is 67.0 cm³/mol. The van der Waals surface area contributed by atoms with Gasteiger partial charge in [-0.1, -0.05) is 12.1 Å². The van der Waals surface area contributed by atoms with Crippen LogP contribution in [0.1, 0.15) is 12.0 Å². The molecule has 1 atom stereocenters. The van der Waals surface area contributed by atoms with Crippen LogP contribution in [-0.2, 0) is 11.3 Å². The van der Waals surface area contributed by atoms with E-state index in [4.69, 9.17) is 10.5 Å². The summed E-state index contributed by atoms with van der Waals surface area (Å²) in [4.78, 5) is 13.4. The van der Waals surface area contributed by atoms with Gasteiger partial charge in [-0.2, -0.15) is 0 Å². The lowest BCUT2D eigenvalue weighted by Gasteiger charge is -2.15. The summed E-state index contributed by atoms with van der Waals surface area (Å²) in [5.41, 5.74) is 6.52. The fourth-order valence-electron chi connectivity index (χ4n) is 1.93. The van der Waals surface area contributed by atoms with Gasteiger partial charge < -0.3 is 20.5 Å². The fraction of sp³-hybridized carbons (Fsp3) is 0.462. The van der Waals surface area contributed by atoms with Gasteiger partial charge in [0.1, 0.15) is 5.75 Å². The lowest BCUT2D eigenvalue weighted by molar-refractivity contribution is -0.132. The van der Waals surface area contributed by atoms with E-state index in [2.05, 4.69) is 0 Å². The molecule has 18 heavy (non-hydrogen) atoms. The number of nitrogens with zero attached hydrogens (tertiary/aromatic N) is 1. The highest BCUT2D eigenvalue weighted by Gasteiger charge is 2.24. The topological polar surface area (TPSA) is 75.8 Å². The second-order valence-electron chi connectivity index (χ2n) is 4.42. The molecular formula is C13H18N2O3. The van der Waals surface area contributed by atoms with Crippen LogP contribution in [0.2, 0.25) is 0 Å². The minimum atomic E-state index is -0.391. The summed E-state index contributed by atoms with van der Waals surface area (Å²) in [5, 5.41) is 9.34. The quantitative estimate of drug-likeness (QED) is 0.795. The first kappa shape index (κ1) is 12.9. The van der Waals surface area contributed by atoms with Crippen LogP contribution >= 0.6 is 0 Å². The molecule has 5 nitrogen and oxygen atoms in total. The second kappa shape index (κ2) is 5.84. The van der Waals surface area contributed by atoms with Crippen LogP contribution in [0.15, 0.2) is 24.3 Å². The smallest absolute Gasteiger partial charge is 0.260 e. The minimum Gasteiger partial charge on any atom is -0.484 e. The predicted octanol–water partition coefficient (Wildman–Crippen LogP) is 0.117. The summed E-state index contributed by atoms with van der Waals surface area (Å²) in [6.07, 6.45) is 0.259. The summed E-state index contributed by atoms with van der Waals surface area (Å²) in [6.45, 7) is 1.52. The number of β-amino-alcohol motifs (C(OH)–C–C–N with tert-alkyl or cyclic N) is 1. The van der Waals surface area contributed by atoms with Crippen LogP contribution in [0.5, 0.6) is 5.75 Å². The van der Waals surface area contributed by atoms with Crippen LogP contribution in [0.4, 0.5) is 0 Å². The number of amides is 1.